The van der Waals surface area contributed by atoms with Gasteiger partial charge in [0, 0.05) is 8.90 Å². The van der Waals surface area contributed by atoms with Gasteiger partial charge < -0.3 is 0 Å². The first-order chi connectivity index (χ1) is 7.31. The van der Waals surface area contributed by atoms with E-state index in [0.717, 1.165) is 5.33 Å². The van der Waals surface area contributed by atoms with Gasteiger partial charge in [-0.25, -0.2) is 0 Å². The van der Waals surface area contributed by atoms with E-state index in [1.165, 1.54) is 20.3 Å². The van der Waals surface area contributed by atoms with Crippen molar-refractivity contribution in [3.8, 4) is 11.1 Å². The average molecular weight is 373 g/mol. The Labute approximate surface area is 112 Å². The van der Waals surface area contributed by atoms with Crippen molar-refractivity contribution in [2.75, 3.05) is 0 Å². The highest BCUT2D eigenvalue weighted by molar-refractivity contribution is 14.1. The van der Waals surface area contributed by atoms with Crippen LogP contribution in [0.2, 0.25) is 0 Å². The number of benzene rings is 2. The largest absolute Gasteiger partial charge is 0.0876 e. The smallest absolute Gasteiger partial charge is 0.0283 e. The van der Waals surface area contributed by atoms with Crippen LogP contribution < -0.4 is 0 Å². The third-order valence-corrected chi connectivity index (χ3v) is 3.88. The molecule has 0 saturated heterocycles. The highest BCUT2D eigenvalue weighted by Crippen LogP contribution is 2.25. The van der Waals surface area contributed by atoms with Gasteiger partial charge in [0.1, 0.15) is 0 Å². The first kappa shape index (κ1) is 11.1. The number of hydrogen-bond acceptors (Lipinski definition) is 0. The molecule has 0 aliphatic carbocycles. The van der Waals surface area contributed by atoms with E-state index < -0.39 is 0 Å². The van der Waals surface area contributed by atoms with Crippen LogP contribution in [0.5, 0.6) is 0 Å². The molecule has 76 valence electrons. The molecule has 0 aliphatic heterocycles. The molecular formula is C13H10BrI. The van der Waals surface area contributed by atoms with Crippen LogP contribution in [0.15, 0.2) is 48.5 Å². The number of halogens is 2. The Hall–Kier alpha value is -0.350. The van der Waals surface area contributed by atoms with E-state index in [1.807, 2.05) is 0 Å². The van der Waals surface area contributed by atoms with Crippen molar-refractivity contribution < 1.29 is 0 Å². The van der Waals surface area contributed by atoms with Crippen molar-refractivity contribution in [1.29, 1.82) is 0 Å². The van der Waals surface area contributed by atoms with Gasteiger partial charge in [-0.3, -0.25) is 0 Å². The van der Waals surface area contributed by atoms with Crippen LogP contribution in [-0.2, 0) is 5.33 Å². The zero-order chi connectivity index (χ0) is 10.7. The Bertz CT molecular complexity index is 448. The fourth-order valence-corrected chi connectivity index (χ4v) is 2.54. The normalized spacial score (nSPS) is 10.3. The summed E-state index contributed by atoms with van der Waals surface area (Å²) in [5.74, 6) is 0. The van der Waals surface area contributed by atoms with Crippen LogP contribution in [0.4, 0.5) is 0 Å². The molecule has 15 heavy (non-hydrogen) atoms. The summed E-state index contributed by atoms with van der Waals surface area (Å²) in [5, 5.41) is 0.916. The Balaban J connectivity index is 2.42. The molecular weight excluding hydrogens is 363 g/mol. The summed E-state index contributed by atoms with van der Waals surface area (Å²) >= 11 is 5.82. The van der Waals surface area contributed by atoms with Crippen molar-refractivity contribution in [2.45, 2.75) is 5.33 Å². The fourth-order valence-electron chi connectivity index (χ4n) is 1.47. The molecule has 0 fully saturated rings. The van der Waals surface area contributed by atoms with E-state index in [1.54, 1.807) is 0 Å². The molecule has 0 N–H and O–H groups in total. The summed E-state index contributed by atoms with van der Waals surface area (Å²) in [6.07, 6.45) is 0. The van der Waals surface area contributed by atoms with Gasteiger partial charge in [0.25, 0.3) is 0 Å². The number of hydrogen-bond donors (Lipinski definition) is 0. The molecule has 0 heterocycles. The molecule has 0 saturated carbocycles. The molecule has 2 heteroatoms. The van der Waals surface area contributed by atoms with Gasteiger partial charge in [-0.15, -0.1) is 0 Å². The van der Waals surface area contributed by atoms with E-state index in [2.05, 4.69) is 87.1 Å². The Morgan fingerprint density at radius 2 is 1.60 bits per heavy atom. The van der Waals surface area contributed by atoms with Gasteiger partial charge in [-0.2, -0.15) is 0 Å². The van der Waals surface area contributed by atoms with E-state index in [4.69, 9.17) is 0 Å². The van der Waals surface area contributed by atoms with Gasteiger partial charge in [0.05, 0.1) is 0 Å². The molecule has 2 aromatic rings. The lowest BCUT2D eigenvalue weighted by Crippen LogP contribution is -1.83. The molecule has 0 spiro atoms. The summed E-state index contributed by atoms with van der Waals surface area (Å²) in [7, 11) is 0. The second-order valence-electron chi connectivity index (χ2n) is 3.31. The maximum Gasteiger partial charge on any atom is 0.0283 e. The standard InChI is InChI=1S/C13H10BrI/c14-9-10-5-7-11(8-6-10)12-3-1-2-4-13(12)15/h1-8H,9H2. The van der Waals surface area contributed by atoms with Gasteiger partial charge in [0.2, 0.25) is 0 Å². The highest BCUT2D eigenvalue weighted by atomic mass is 127. The lowest BCUT2D eigenvalue weighted by atomic mass is 10.0. The number of rotatable bonds is 2. The minimum atomic E-state index is 0.916. The van der Waals surface area contributed by atoms with Crippen molar-refractivity contribution in [1.82, 2.24) is 0 Å². The Morgan fingerprint density at radius 1 is 0.933 bits per heavy atom. The first-order valence-corrected chi connectivity index (χ1v) is 6.91. The third-order valence-electron chi connectivity index (χ3n) is 2.29. The van der Waals surface area contributed by atoms with Crippen LogP contribution in [0.1, 0.15) is 5.56 Å². The minimum absolute atomic E-state index is 0.916. The fraction of sp³-hybridized carbons (Fsp3) is 0.0769. The Kier molecular flexibility index (Phi) is 3.81. The maximum absolute atomic E-state index is 3.45. The first-order valence-electron chi connectivity index (χ1n) is 4.71. The van der Waals surface area contributed by atoms with Crippen molar-refractivity contribution >= 4 is 38.5 Å². The summed E-state index contributed by atoms with van der Waals surface area (Å²) in [6, 6.07) is 17.1. The van der Waals surface area contributed by atoms with Gasteiger partial charge >= 0.3 is 0 Å². The molecule has 0 aliphatic rings. The second kappa shape index (κ2) is 5.12. The topological polar surface area (TPSA) is 0 Å². The van der Waals surface area contributed by atoms with Crippen LogP contribution in [0, 0.1) is 3.57 Å². The summed E-state index contributed by atoms with van der Waals surface area (Å²) < 4.78 is 1.29. The zero-order valence-electron chi connectivity index (χ0n) is 8.08. The minimum Gasteiger partial charge on any atom is -0.0876 e. The van der Waals surface area contributed by atoms with Gasteiger partial charge in [-0.1, -0.05) is 58.4 Å². The molecule has 2 rings (SSSR count). The van der Waals surface area contributed by atoms with E-state index in [0.29, 0.717) is 0 Å². The monoisotopic (exact) mass is 372 g/mol. The molecule has 0 amide bonds. The van der Waals surface area contributed by atoms with Crippen LogP contribution in [-0.4, -0.2) is 0 Å². The zero-order valence-corrected chi connectivity index (χ0v) is 11.8. The third kappa shape index (κ3) is 2.61. The molecule has 0 nitrogen and oxygen atoms in total. The number of alkyl halides is 1. The van der Waals surface area contributed by atoms with Gasteiger partial charge in [0.15, 0.2) is 0 Å². The SMILES string of the molecule is BrCc1ccc(-c2ccccc2I)cc1. The molecule has 0 atom stereocenters. The molecule has 2 aromatic carbocycles. The molecule has 0 aromatic heterocycles. The summed E-state index contributed by atoms with van der Waals surface area (Å²) in [5.41, 5.74) is 3.90. The molecule has 0 unspecified atom stereocenters. The maximum atomic E-state index is 3.45. The quantitative estimate of drug-likeness (QED) is 0.522. The van der Waals surface area contributed by atoms with Crippen molar-refractivity contribution in [3.05, 3.63) is 57.7 Å². The van der Waals surface area contributed by atoms with E-state index in [9.17, 15) is 0 Å². The van der Waals surface area contributed by atoms with Crippen molar-refractivity contribution in [2.24, 2.45) is 0 Å². The highest BCUT2D eigenvalue weighted by Gasteiger charge is 2.01. The van der Waals surface area contributed by atoms with Crippen LogP contribution in [0.25, 0.3) is 11.1 Å². The van der Waals surface area contributed by atoms with Crippen LogP contribution in [0.3, 0.4) is 0 Å². The summed E-state index contributed by atoms with van der Waals surface area (Å²) in [6.45, 7) is 0. The van der Waals surface area contributed by atoms with Crippen LogP contribution >= 0.6 is 38.5 Å². The van der Waals surface area contributed by atoms with E-state index >= 15 is 0 Å². The lowest BCUT2D eigenvalue weighted by molar-refractivity contribution is 1.43. The lowest BCUT2D eigenvalue weighted by Gasteiger charge is -2.05. The van der Waals surface area contributed by atoms with E-state index in [-0.39, 0.29) is 0 Å². The molecule has 0 bridgehead atoms. The summed E-state index contributed by atoms with van der Waals surface area (Å²) in [4.78, 5) is 0. The predicted octanol–water partition coefficient (Wildman–Crippen LogP) is 4.85. The predicted molar refractivity (Wildman–Crippen MR) is 77.2 cm³/mol. The van der Waals surface area contributed by atoms with Crippen molar-refractivity contribution in [3.63, 3.8) is 0 Å². The average Bonchev–Trinajstić information content (AvgIpc) is 2.30. The Morgan fingerprint density at radius 3 is 2.20 bits per heavy atom. The second-order valence-corrected chi connectivity index (χ2v) is 5.03. The van der Waals surface area contributed by atoms with Gasteiger partial charge in [-0.05, 0) is 45.3 Å². The molecule has 0 radical (unpaired) electrons.